The number of halogens is 1. The number of benzene rings is 2. The summed E-state index contributed by atoms with van der Waals surface area (Å²) in [6.07, 6.45) is 0. The molecule has 24 heavy (non-hydrogen) atoms. The molecular formula is C18H18ClN3OS. The maximum Gasteiger partial charge on any atom is 0.196 e. The van der Waals surface area contributed by atoms with Gasteiger partial charge in [-0.25, -0.2) is 0 Å². The summed E-state index contributed by atoms with van der Waals surface area (Å²) in [6, 6.07) is 15.6. The molecule has 0 fully saturated rings. The van der Waals surface area contributed by atoms with E-state index in [1.54, 1.807) is 11.8 Å². The molecule has 0 aliphatic rings. The van der Waals surface area contributed by atoms with E-state index in [1.165, 1.54) is 0 Å². The number of aromatic nitrogens is 3. The largest absolute Gasteiger partial charge is 0.494 e. The highest BCUT2D eigenvalue weighted by Crippen LogP contribution is 2.29. The van der Waals surface area contributed by atoms with Crippen LogP contribution in [0.25, 0.3) is 17.1 Å². The summed E-state index contributed by atoms with van der Waals surface area (Å²) in [4.78, 5) is 0. The molecular weight excluding hydrogens is 342 g/mol. The average Bonchev–Trinajstić information content (AvgIpc) is 3.01. The molecule has 0 spiro atoms. The number of thioether (sulfide) groups is 1. The molecule has 2 aromatic carbocycles. The number of nitrogens with zero attached hydrogens (tertiary/aromatic N) is 3. The standard InChI is InChI=1S/C18H18ClN3OS/c1-3-23-16-11-9-15(10-12-16)22-17(20-21-18(22)24-4-2)13-5-7-14(19)8-6-13/h5-12H,3-4H2,1-2H3. The van der Waals surface area contributed by atoms with E-state index in [4.69, 9.17) is 16.3 Å². The van der Waals surface area contributed by atoms with Crippen LogP contribution >= 0.6 is 23.4 Å². The van der Waals surface area contributed by atoms with Gasteiger partial charge in [-0.3, -0.25) is 4.57 Å². The molecule has 0 N–H and O–H groups in total. The van der Waals surface area contributed by atoms with Crippen molar-refractivity contribution >= 4 is 23.4 Å². The number of hydrogen-bond acceptors (Lipinski definition) is 4. The van der Waals surface area contributed by atoms with Crippen molar-refractivity contribution in [3.63, 3.8) is 0 Å². The van der Waals surface area contributed by atoms with Crippen LogP contribution in [0.15, 0.2) is 53.7 Å². The van der Waals surface area contributed by atoms with Crippen LogP contribution in [0.5, 0.6) is 5.75 Å². The van der Waals surface area contributed by atoms with Crippen molar-refractivity contribution in [2.75, 3.05) is 12.4 Å². The molecule has 3 rings (SSSR count). The molecule has 1 heterocycles. The molecule has 0 saturated heterocycles. The molecule has 0 bridgehead atoms. The third kappa shape index (κ3) is 3.57. The van der Waals surface area contributed by atoms with Crippen molar-refractivity contribution in [2.45, 2.75) is 19.0 Å². The van der Waals surface area contributed by atoms with E-state index in [1.807, 2.05) is 55.5 Å². The minimum Gasteiger partial charge on any atom is -0.494 e. The Morgan fingerprint density at radius 1 is 1.00 bits per heavy atom. The van der Waals surface area contributed by atoms with Crippen LogP contribution in [0.2, 0.25) is 5.02 Å². The Balaban J connectivity index is 2.06. The molecule has 0 saturated carbocycles. The summed E-state index contributed by atoms with van der Waals surface area (Å²) in [6.45, 7) is 4.73. The highest BCUT2D eigenvalue weighted by Gasteiger charge is 2.15. The summed E-state index contributed by atoms with van der Waals surface area (Å²) in [5, 5.41) is 10.3. The molecule has 6 heteroatoms. The minimum atomic E-state index is 0.652. The highest BCUT2D eigenvalue weighted by atomic mass is 35.5. The van der Waals surface area contributed by atoms with E-state index < -0.39 is 0 Å². The lowest BCUT2D eigenvalue weighted by molar-refractivity contribution is 0.340. The highest BCUT2D eigenvalue weighted by molar-refractivity contribution is 7.99. The first-order valence-corrected chi connectivity index (χ1v) is 9.16. The van der Waals surface area contributed by atoms with Crippen molar-refractivity contribution in [3.05, 3.63) is 53.6 Å². The van der Waals surface area contributed by atoms with Gasteiger partial charge < -0.3 is 4.74 Å². The molecule has 0 radical (unpaired) electrons. The smallest absolute Gasteiger partial charge is 0.196 e. The van der Waals surface area contributed by atoms with Crippen LogP contribution in [0.4, 0.5) is 0 Å². The second-order valence-corrected chi connectivity index (χ2v) is 6.68. The van der Waals surface area contributed by atoms with Gasteiger partial charge in [0.1, 0.15) is 5.75 Å². The van der Waals surface area contributed by atoms with Crippen molar-refractivity contribution < 1.29 is 4.74 Å². The van der Waals surface area contributed by atoms with E-state index in [9.17, 15) is 0 Å². The predicted octanol–water partition coefficient (Wildman–Crippen LogP) is 5.10. The van der Waals surface area contributed by atoms with Crippen LogP contribution in [0, 0.1) is 0 Å². The zero-order chi connectivity index (χ0) is 16.9. The van der Waals surface area contributed by atoms with Crippen molar-refractivity contribution in [1.82, 2.24) is 14.8 Å². The maximum absolute atomic E-state index is 6.00. The lowest BCUT2D eigenvalue weighted by atomic mass is 10.2. The van der Waals surface area contributed by atoms with Gasteiger partial charge >= 0.3 is 0 Å². The summed E-state index contributed by atoms with van der Waals surface area (Å²) in [7, 11) is 0. The van der Waals surface area contributed by atoms with Gasteiger partial charge in [0.25, 0.3) is 0 Å². The summed E-state index contributed by atoms with van der Waals surface area (Å²) in [5.41, 5.74) is 1.98. The first kappa shape index (κ1) is 16.9. The summed E-state index contributed by atoms with van der Waals surface area (Å²) >= 11 is 7.66. The van der Waals surface area contributed by atoms with Crippen LogP contribution in [0.3, 0.4) is 0 Å². The van der Waals surface area contributed by atoms with Gasteiger partial charge in [-0.2, -0.15) is 0 Å². The van der Waals surface area contributed by atoms with E-state index in [0.29, 0.717) is 11.6 Å². The topological polar surface area (TPSA) is 39.9 Å². The first-order chi connectivity index (χ1) is 11.7. The van der Waals surface area contributed by atoms with Gasteiger partial charge in [0.15, 0.2) is 11.0 Å². The second-order valence-electron chi connectivity index (χ2n) is 5.01. The fourth-order valence-corrected chi connectivity index (χ4v) is 3.17. The van der Waals surface area contributed by atoms with Crippen LogP contribution in [-0.2, 0) is 0 Å². The Morgan fingerprint density at radius 2 is 1.71 bits per heavy atom. The van der Waals surface area contributed by atoms with Crippen LogP contribution < -0.4 is 4.74 Å². The van der Waals surface area contributed by atoms with E-state index in [0.717, 1.165) is 33.7 Å². The molecule has 3 aromatic rings. The summed E-state index contributed by atoms with van der Waals surface area (Å²) < 4.78 is 7.59. The normalized spacial score (nSPS) is 10.8. The van der Waals surface area contributed by atoms with E-state index >= 15 is 0 Å². The van der Waals surface area contributed by atoms with E-state index in [2.05, 4.69) is 21.7 Å². The van der Waals surface area contributed by atoms with Gasteiger partial charge in [-0.15, -0.1) is 10.2 Å². The maximum atomic E-state index is 6.00. The molecule has 0 aliphatic heterocycles. The third-order valence-electron chi connectivity index (χ3n) is 3.42. The average molecular weight is 360 g/mol. The number of rotatable bonds is 6. The molecule has 0 unspecified atom stereocenters. The van der Waals surface area contributed by atoms with Crippen LogP contribution in [0.1, 0.15) is 13.8 Å². The molecule has 1 aromatic heterocycles. The molecule has 0 aliphatic carbocycles. The number of hydrogen-bond donors (Lipinski definition) is 0. The van der Waals surface area contributed by atoms with E-state index in [-0.39, 0.29) is 0 Å². The third-order valence-corrected chi connectivity index (χ3v) is 4.48. The Morgan fingerprint density at radius 3 is 2.33 bits per heavy atom. The van der Waals surface area contributed by atoms with Gasteiger partial charge in [0.2, 0.25) is 0 Å². The molecule has 4 nitrogen and oxygen atoms in total. The first-order valence-electron chi connectivity index (χ1n) is 7.80. The Kier molecular flexibility index (Phi) is 5.43. The lowest BCUT2D eigenvalue weighted by Gasteiger charge is -2.11. The summed E-state index contributed by atoms with van der Waals surface area (Å²) in [5.74, 6) is 2.58. The van der Waals surface area contributed by atoms with Crippen molar-refractivity contribution in [2.24, 2.45) is 0 Å². The van der Waals surface area contributed by atoms with Gasteiger partial charge in [-0.05, 0) is 61.2 Å². The lowest BCUT2D eigenvalue weighted by Crippen LogP contribution is -2.00. The fraction of sp³-hybridized carbons (Fsp3) is 0.222. The zero-order valence-corrected chi connectivity index (χ0v) is 15.1. The Hall–Kier alpha value is -1.98. The Bertz CT molecular complexity index is 800. The Labute approximate surface area is 150 Å². The molecule has 0 atom stereocenters. The zero-order valence-electron chi connectivity index (χ0n) is 13.6. The fourth-order valence-electron chi connectivity index (χ4n) is 2.37. The van der Waals surface area contributed by atoms with Crippen molar-refractivity contribution in [1.29, 1.82) is 0 Å². The quantitative estimate of drug-likeness (QED) is 0.574. The predicted molar refractivity (Wildman–Crippen MR) is 99.4 cm³/mol. The van der Waals surface area contributed by atoms with Gasteiger partial charge in [-0.1, -0.05) is 30.3 Å². The second kappa shape index (κ2) is 7.73. The number of ether oxygens (including phenoxy) is 1. The van der Waals surface area contributed by atoms with Crippen molar-refractivity contribution in [3.8, 4) is 22.8 Å². The molecule has 124 valence electrons. The van der Waals surface area contributed by atoms with Crippen LogP contribution in [-0.4, -0.2) is 27.1 Å². The monoisotopic (exact) mass is 359 g/mol. The van der Waals surface area contributed by atoms with Gasteiger partial charge in [0.05, 0.1) is 6.61 Å². The molecule has 0 amide bonds. The SMILES string of the molecule is CCOc1ccc(-n2c(SCC)nnc2-c2ccc(Cl)cc2)cc1. The van der Waals surface area contributed by atoms with Gasteiger partial charge in [0, 0.05) is 16.3 Å². The minimum absolute atomic E-state index is 0.652.